The zero-order valence-electron chi connectivity index (χ0n) is 24.0. The third-order valence-corrected chi connectivity index (χ3v) is 9.11. The summed E-state index contributed by atoms with van der Waals surface area (Å²) < 4.78 is 5.83. The number of hydrogen-bond acceptors (Lipinski definition) is 6. The van der Waals surface area contributed by atoms with Crippen LogP contribution in [0.1, 0.15) is 94.1 Å². The highest BCUT2D eigenvalue weighted by atomic mass is 32.1. The van der Waals surface area contributed by atoms with Crippen molar-refractivity contribution in [3.8, 4) is 11.8 Å². The number of amides is 2. The zero-order valence-corrected chi connectivity index (χ0v) is 24.8. The van der Waals surface area contributed by atoms with Gasteiger partial charge in [-0.25, -0.2) is 9.59 Å². The summed E-state index contributed by atoms with van der Waals surface area (Å²) in [7, 11) is 0. The van der Waals surface area contributed by atoms with Crippen LogP contribution in [-0.2, 0) is 9.53 Å². The molecule has 2 saturated heterocycles. The molecule has 0 aromatic carbocycles. The molecule has 3 heterocycles. The maximum absolute atomic E-state index is 14.1. The molecule has 1 unspecified atom stereocenters. The van der Waals surface area contributed by atoms with Crippen molar-refractivity contribution < 1.29 is 24.2 Å². The van der Waals surface area contributed by atoms with E-state index in [1.54, 1.807) is 15.9 Å². The van der Waals surface area contributed by atoms with Crippen LogP contribution in [0.5, 0.6) is 0 Å². The third-order valence-electron chi connectivity index (χ3n) is 8.08. The monoisotopic (exact) mass is 557 g/mol. The van der Waals surface area contributed by atoms with Crippen LogP contribution in [0.15, 0.2) is 6.07 Å². The average Bonchev–Trinajstić information content (AvgIpc) is 3.50. The molecule has 3 fully saturated rings. The van der Waals surface area contributed by atoms with Gasteiger partial charge in [-0.3, -0.25) is 4.79 Å². The number of carboxylic acids is 1. The van der Waals surface area contributed by atoms with Gasteiger partial charge in [0.25, 0.3) is 0 Å². The summed E-state index contributed by atoms with van der Waals surface area (Å²) in [5, 5.41) is 13.4. The number of carbonyl (C=O) groups excluding carboxylic acids is 2. The average molecular weight is 558 g/mol. The Morgan fingerprint density at radius 1 is 1.15 bits per heavy atom. The van der Waals surface area contributed by atoms with Gasteiger partial charge >= 0.3 is 12.1 Å². The van der Waals surface area contributed by atoms with Crippen LogP contribution in [0.4, 0.5) is 10.5 Å². The second kappa shape index (κ2) is 11.9. The first kappa shape index (κ1) is 29.4. The predicted molar refractivity (Wildman–Crippen MR) is 153 cm³/mol. The molecule has 1 aromatic rings. The quantitative estimate of drug-likeness (QED) is 0.473. The molecule has 1 atom stereocenters. The Balaban J connectivity index is 1.58. The van der Waals surface area contributed by atoms with E-state index in [1.807, 2.05) is 27.7 Å². The molecule has 1 saturated carbocycles. The van der Waals surface area contributed by atoms with E-state index in [4.69, 9.17) is 4.74 Å². The first-order chi connectivity index (χ1) is 18.3. The number of aromatic carboxylic acids is 1. The van der Waals surface area contributed by atoms with Crippen LogP contribution < -0.4 is 10.2 Å². The lowest BCUT2D eigenvalue weighted by Gasteiger charge is -2.41. The summed E-state index contributed by atoms with van der Waals surface area (Å²) in [5.41, 5.74) is -0.277. The fraction of sp³-hybridized carbons (Fsp3) is 0.700. The van der Waals surface area contributed by atoms with Crippen LogP contribution >= 0.6 is 11.3 Å². The minimum atomic E-state index is -1.05. The Kier molecular flexibility index (Phi) is 8.97. The Labute approximate surface area is 236 Å². The van der Waals surface area contributed by atoms with E-state index in [0.717, 1.165) is 50.0 Å². The number of hydrogen-bond donors (Lipinski definition) is 2. The van der Waals surface area contributed by atoms with Crippen molar-refractivity contribution in [1.29, 1.82) is 0 Å². The van der Waals surface area contributed by atoms with Crippen LogP contribution in [0, 0.1) is 29.1 Å². The number of carboxylic acid groups (broad SMARTS) is 1. The number of nitrogens with zero attached hydrogens (tertiary/aromatic N) is 2. The second-order valence-corrected chi connectivity index (χ2v) is 13.8. The van der Waals surface area contributed by atoms with E-state index in [0.29, 0.717) is 49.0 Å². The van der Waals surface area contributed by atoms with Crippen LogP contribution in [0.2, 0.25) is 0 Å². The van der Waals surface area contributed by atoms with Crippen LogP contribution in [-0.4, -0.2) is 65.8 Å². The molecule has 214 valence electrons. The Morgan fingerprint density at radius 3 is 2.38 bits per heavy atom. The standard InChI is InChI=1S/C30H43N3O5S/c1-20-6-8-21(9-7-20)26(34)33(24-18-23(10-13-29(2,3)4)39-25(24)27(35)36)22-11-16-32(17-12-22)28(37)38-30(5)14-15-31-19-30/h18,20-22,31H,6-9,11-12,14-17,19H2,1-5H3,(H,35,36). The first-order valence-electron chi connectivity index (χ1n) is 14.3. The molecule has 3 aliphatic rings. The minimum Gasteiger partial charge on any atom is -0.477 e. The highest BCUT2D eigenvalue weighted by molar-refractivity contribution is 7.15. The van der Waals surface area contributed by atoms with Gasteiger partial charge in [-0.2, -0.15) is 0 Å². The van der Waals surface area contributed by atoms with E-state index < -0.39 is 11.6 Å². The van der Waals surface area contributed by atoms with Gasteiger partial charge in [0.2, 0.25) is 5.91 Å². The van der Waals surface area contributed by atoms with Gasteiger partial charge < -0.3 is 25.0 Å². The van der Waals surface area contributed by atoms with Gasteiger partial charge in [0, 0.05) is 43.4 Å². The summed E-state index contributed by atoms with van der Waals surface area (Å²) in [6.45, 7) is 12.6. The van der Waals surface area contributed by atoms with E-state index in [1.165, 1.54) is 0 Å². The Bertz CT molecular complexity index is 1120. The van der Waals surface area contributed by atoms with Gasteiger partial charge in [-0.1, -0.05) is 18.8 Å². The Hall–Kier alpha value is -2.57. The van der Waals surface area contributed by atoms with Crippen molar-refractivity contribution in [3.63, 3.8) is 0 Å². The van der Waals surface area contributed by atoms with Crippen molar-refractivity contribution in [2.45, 2.75) is 91.2 Å². The lowest BCUT2D eigenvalue weighted by atomic mass is 9.82. The van der Waals surface area contributed by atoms with Crippen LogP contribution in [0.3, 0.4) is 0 Å². The predicted octanol–water partition coefficient (Wildman–Crippen LogP) is 5.36. The number of likely N-dealkylation sites (tertiary alicyclic amines) is 1. The molecule has 2 aliphatic heterocycles. The van der Waals surface area contributed by atoms with E-state index in [9.17, 15) is 19.5 Å². The van der Waals surface area contributed by atoms with Crippen molar-refractivity contribution in [1.82, 2.24) is 10.2 Å². The number of thiophene rings is 1. The molecular weight excluding hydrogens is 514 g/mol. The highest BCUT2D eigenvalue weighted by Gasteiger charge is 2.39. The lowest BCUT2D eigenvalue weighted by molar-refractivity contribution is -0.124. The fourth-order valence-corrected chi connectivity index (χ4v) is 6.53. The summed E-state index contributed by atoms with van der Waals surface area (Å²) in [4.78, 5) is 43.6. The van der Waals surface area contributed by atoms with Gasteiger partial charge in [-0.05, 0) is 84.7 Å². The number of anilines is 1. The van der Waals surface area contributed by atoms with Gasteiger partial charge in [0.1, 0.15) is 10.5 Å². The molecule has 2 amide bonds. The number of carbonyl (C=O) groups is 3. The number of ether oxygens (including phenoxy) is 1. The number of nitrogens with one attached hydrogen (secondary N) is 1. The molecule has 0 spiro atoms. The molecule has 4 rings (SSSR count). The minimum absolute atomic E-state index is 0.00287. The molecule has 0 radical (unpaired) electrons. The van der Waals surface area contributed by atoms with Gasteiger partial charge in [0.05, 0.1) is 10.6 Å². The molecular formula is C30H43N3O5S. The SMILES string of the molecule is CC1CCC(C(=O)N(c2cc(C#CC(C)(C)C)sc2C(=O)O)C2CCN(C(=O)OC3(C)CCNC3)CC2)CC1. The second-order valence-electron chi connectivity index (χ2n) is 12.8. The third kappa shape index (κ3) is 7.34. The van der Waals surface area contributed by atoms with Gasteiger partial charge in [0.15, 0.2) is 0 Å². The molecule has 1 aromatic heterocycles. The van der Waals surface area contributed by atoms with E-state index in [2.05, 4.69) is 24.1 Å². The summed E-state index contributed by atoms with van der Waals surface area (Å²) in [6, 6.07) is 1.59. The van der Waals surface area contributed by atoms with Crippen molar-refractivity contribution in [3.05, 3.63) is 15.8 Å². The fourth-order valence-electron chi connectivity index (χ4n) is 5.69. The van der Waals surface area contributed by atoms with Crippen LogP contribution in [0.25, 0.3) is 0 Å². The largest absolute Gasteiger partial charge is 0.477 e. The van der Waals surface area contributed by atoms with Crippen molar-refractivity contribution in [2.24, 2.45) is 17.3 Å². The molecule has 2 N–H and O–H groups in total. The van der Waals surface area contributed by atoms with Crippen molar-refractivity contribution in [2.75, 3.05) is 31.1 Å². The molecule has 1 aliphatic carbocycles. The molecule has 39 heavy (non-hydrogen) atoms. The topological polar surface area (TPSA) is 99.2 Å². The van der Waals surface area contributed by atoms with E-state index in [-0.39, 0.29) is 34.3 Å². The number of rotatable bonds is 5. The normalized spacial score (nSPS) is 26.0. The Morgan fingerprint density at radius 2 is 1.82 bits per heavy atom. The van der Waals surface area contributed by atoms with Gasteiger partial charge in [-0.15, -0.1) is 11.3 Å². The maximum atomic E-state index is 14.1. The summed E-state index contributed by atoms with van der Waals surface area (Å²) >= 11 is 1.13. The highest BCUT2D eigenvalue weighted by Crippen LogP contribution is 2.38. The molecule has 9 heteroatoms. The maximum Gasteiger partial charge on any atom is 0.410 e. The summed E-state index contributed by atoms with van der Waals surface area (Å²) in [5.74, 6) is 5.76. The zero-order chi connectivity index (χ0) is 28.4. The number of piperidine rings is 1. The summed E-state index contributed by atoms with van der Waals surface area (Å²) in [6.07, 6.45) is 5.23. The van der Waals surface area contributed by atoms with E-state index >= 15 is 0 Å². The lowest BCUT2D eigenvalue weighted by Crippen LogP contribution is -2.52. The van der Waals surface area contributed by atoms with Crippen molar-refractivity contribution >= 4 is 35.0 Å². The molecule has 8 nitrogen and oxygen atoms in total. The smallest absolute Gasteiger partial charge is 0.410 e. The molecule has 0 bridgehead atoms. The first-order valence-corrected chi connectivity index (χ1v) is 15.1.